The second kappa shape index (κ2) is 11.4. The van der Waals surface area contributed by atoms with E-state index in [2.05, 4.69) is 97.0 Å². The van der Waals surface area contributed by atoms with E-state index in [0.717, 1.165) is 26.1 Å². The molecule has 0 saturated carbocycles. The highest BCUT2D eigenvalue weighted by atomic mass is 127. The Kier molecular flexibility index (Phi) is 8.81. The quantitative estimate of drug-likeness (QED) is 0.239. The molecule has 3 aromatic rings. The van der Waals surface area contributed by atoms with Crippen LogP contribution < -0.4 is 10.1 Å². The lowest BCUT2D eigenvalue weighted by Gasteiger charge is -2.15. The van der Waals surface area contributed by atoms with Crippen molar-refractivity contribution < 1.29 is 9.53 Å². The van der Waals surface area contributed by atoms with Crippen molar-refractivity contribution >= 4 is 45.9 Å². The Hall–Kier alpha value is -2.07. The average Bonchev–Trinajstić information content (AvgIpc) is 3.11. The molecule has 0 aliphatic rings. The molecule has 1 amide bonds. The predicted molar refractivity (Wildman–Crippen MR) is 143 cm³/mol. The van der Waals surface area contributed by atoms with Gasteiger partial charge in [-0.3, -0.25) is 4.79 Å². The molecule has 3 rings (SSSR count). The molecule has 8 heteroatoms. The van der Waals surface area contributed by atoms with Gasteiger partial charge in [0.1, 0.15) is 12.4 Å². The van der Waals surface area contributed by atoms with Crippen molar-refractivity contribution in [3.63, 3.8) is 0 Å². The third kappa shape index (κ3) is 6.72. The maximum atomic E-state index is 12.6. The first-order valence-electron chi connectivity index (χ1n) is 11.0. The number of amides is 1. The Morgan fingerprint density at radius 2 is 1.82 bits per heavy atom. The lowest BCUT2D eigenvalue weighted by Crippen LogP contribution is -2.16. The maximum Gasteiger partial charge on any atom is 0.234 e. The van der Waals surface area contributed by atoms with E-state index in [1.165, 1.54) is 17.3 Å². The third-order valence-corrected chi connectivity index (χ3v) is 7.01. The highest BCUT2D eigenvalue weighted by Gasteiger charge is 2.15. The fourth-order valence-corrected chi connectivity index (χ4v) is 4.67. The van der Waals surface area contributed by atoms with Crippen molar-refractivity contribution in [3.05, 3.63) is 62.5 Å². The number of thioether (sulfide) groups is 1. The zero-order valence-electron chi connectivity index (χ0n) is 20.0. The average molecular weight is 579 g/mol. The monoisotopic (exact) mass is 578 g/mol. The van der Waals surface area contributed by atoms with Crippen molar-refractivity contribution in [2.75, 3.05) is 11.1 Å². The second-order valence-electron chi connectivity index (χ2n) is 8.67. The van der Waals surface area contributed by atoms with Gasteiger partial charge in [-0.1, -0.05) is 51.6 Å². The molecule has 1 N–H and O–H groups in total. The van der Waals surface area contributed by atoms with Gasteiger partial charge in [0.05, 0.1) is 5.75 Å². The van der Waals surface area contributed by atoms with E-state index < -0.39 is 0 Å². The highest BCUT2D eigenvalue weighted by molar-refractivity contribution is 14.1. The van der Waals surface area contributed by atoms with Gasteiger partial charge in [0.25, 0.3) is 0 Å². The van der Waals surface area contributed by atoms with Crippen LogP contribution in [0.3, 0.4) is 0 Å². The molecule has 0 aliphatic carbocycles. The lowest BCUT2D eigenvalue weighted by molar-refractivity contribution is -0.113. The van der Waals surface area contributed by atoms with Gasteiger partial charge in [0, 0.05) is 16.3 Å². The van der Waals surface area contributed by atoms with E-state index in [4.69, 9.17) is 4.74 Å². The summed E-state index contributed by atoms with van der Waals surface area (Å²) in [6.07, 6.45) is 0. The van der Waals surface area contributed by atoms with Crippen LogP contribution in [0.4, 0.5) is 5.69 Å². The van der Waals surface area contributed by atoms with Crippen LogP contribution in [-0.4, -0.2) is 26.4 Å². The van der Waals surface area contributed by atoms with Gasteiger partial charge in [0.15, 0.2) is 11.0 Å². The third-order valence-electron chi connectivity index (χ3n) is 5.31. The summed E-state index contributed by atoms with van der Waals surface area (Å²) in [5.41, 5.74) is 4.33. The first-order chi connectivity index (χ1) is 15.7. The summed E-state index contributed by atoms with van der Waals surface area (Å²) < 4.78 is 9.14. The van der Waals surface area contributed by atoms with Crippen LogP contribution in [0, 0.1) is 10.5 Å². The van der Waals surface area contributed by atoms with Crippen LogP contribution in [0.5, 0.6) is 5.75 Å². The van der Waals surface area contributed by atoms with Gasteiger partial charge in [0.2, 0.25) is 5.91 Å². The standard InChI is InChI=1S/C25H31IN4O2S/c1-15(2)19-9-7-17(5)11-22(19)32-13-23-28-29-25(30(23)6)33-14-24(31)27-21-10-8-18(26)12-20(21)16(3)4/h7-12,15-16H,13-14H2,1-6H3,(H,27,31). The molecule has 0 atom stereocenters. The minimum absolute atomic E-state index is 0.0646. The molecular formula is C25H31IN4O2S. The molecule has 0 spiro atoms. The summed E-state index contributed by atoms with van der Waals surface area (Å²) in [5, 5.41) is 12.2. The van der Waals surface area contributed by atoms with Crippen molar-refractivity contribution in [1.29, 1.82) is 0 Å². The normalized spacial score (nSPS) is 11.3. The first kappa shape index (κ1) is 25.6. The SMILES string of the molecule is Cc1ccc(C(C)C)c(OCc2nnc(SCC(=O)Nc3ccc(I)cc3C(C)C)n2C)c1. The van der Waals surface area contributed by atoms with Crippen LogP contribution in [0.15, 0.2) is 41.6 Å². The highest BCUT2D eigenvalue weighted by Crippen LogP contribution is 2.29. The zero-order valence-corrected chi connectivity index (χ0v) is 23.0. The van der Waals surface area contributed by atoms with Crippen LogP contribution in [-0.2, 0) is 18.4 Å². The molecule has 176 valence electrons. The van der Waals surface area contributed by atoms with Crippen molar-refractivity contribution in [2.45, 2.75) is 58.2 Å². The molecule has 0 fully saturated rings. The number of aryl methyl sites for hydroxylation is 1. The van der Waals surface area contributed by atoms with Gasteiger partial charge in [-0.25, -0.2) is 0 Å². The molecule has 0 unspecified atom stereocenters. The topological polar surface area (TPSA) is 69.0 Å². The number of carbonyl (C=O) groups excluding carboxylic acids is 1. The number of halogens is 1. The number of aromatic nitrogens is 3. The number of rotatable bonds is 9. The molecule has 0 aliphatic heterocycles. The van der Waals surface area contributed by atoms with Gasteiger partial charge < -0.3 is 14.6 Å². The molecule has 0 bridgehead atoms. The summed E-state index contributed by atoms with van der Waals surface area (Å²) >= 11 is 3.66. The van der Waals surface area contributed by atoms with Crippen LogP contribution in [0.25, 0.3) is 0 Å². The van der Waals surface area contributed by atoms with E-state index in [-0.39, 0.29) is 11.7 Å². The van der Waals surface area contributed by atoms with Gasteiger partial charge in [-0.2, -0.15) is 0 Å². The van der Waals surface area contributed by atoms with Crippen LogP contribution in [0.2, 0.25) is 0 Å². The number of benzene rings is 2. The van der Waals surface area contributed by atoms with Gasteiger partial charge in [-0.15, -0.1) is 10.2 Å². The number of ether oxygens (including phenoxy) is 1. The van der Waals surface area contributed by atoms with Crippen molar-refractivity contribution in [3.8, 4) is 5.75 Å². The first-order valence-corrected chi connectivity index (χ1v) is 13.1. The van der Waals surface area contributed by atoms with E-state index in [9.17, 15) is 4.79 Å². The van der Waals surface area contributed by atoms with E-state index in [1.807, 2.05) is 23.7 Å². The van der Waals surface area contributed by atoms with Crippen LogP contribution in [0.1, 0.15) is 62.0 Å². The number of nitrogens with one attached hydrogen (secondary N) is 1. The number of carbonyl (C=O) groups is 1. The largest absolute Gasteiger partial charge is 0.485 e. The Bertz CT molecular complexity index is 1130. The minimum Gasteiger partial charge on any atom is -0.485 e. The Morgan fingerprint density at radius 1 is 1.09 bits per heavy atom. The minimum atomic E-state index is -0.0646. The molecule has 6 nitrogen and oxygen atoms in total. The number of anilines is 1. The second-order valence-corrected chi connectivity index (χ2v) is 10.9. The summed E-state index contributed by atoms with van der Waals surface area (Å²) in [4.78, 5) is 12.6. The van der Waals surface area contributed by atoms with E-state index in [0.29, 0.717) is 29.4 Å². The molecule has 33 heavy (non-hydrogen) atoms. The Morgan fingerprint density at radius 3 is 2.52 bits per heavy atom. The number of hydrogen-bond donors (Lipinski definition) is 1. The van der Waals surface area contributed by atoms with E-state index >= 15 is 0 Å². The van der Waals surface area contributed by atoms with Gasteiger partial charge >= 0.3 is 0 Å². The molecule has 0 radical (unpaired) electrons. The Balaban J connectivity index is 1.61. The zero-order chi connectivity index (χ0) is 24.1. The smallest absolute Gasteiger partial charge is 0.234 e. The molecule has 1 aromatic heterocycles. The summed E-state index contributed by atoms with van der Waals surface area (Å²) in [5.74, 6) is 2.48. The summed E-state index contributed by atoms with van der Waals surface area (Å²) in [6, 6.07) is 12.4. The summed E-state index contributed by atoms with van der Waals surface area (Å²) in [7, 11) is 1.90. The van der Waals surface area contributed by atoms with Crippen molar-refractivity contribution in [1.82, 2.24) is 14.8 Å². The molecular weight excluding hydrogens is 547 g/mol. The fraction of sp³-hybridized carbons (Fsp3) is 0.400. The number of nitrogens with zero attached hydrogens (tertiary/aromatic N) is 3. The van der Waals surface area contributed by atoms with Gasteiger partial charge in [-0.05, 0) is 82.3 Å². The maximum absolute atomic E-state index is 12.6. The predicted octanol–water partition coefficient (Wildman–Crippen LogP) is 6.28. The molecule has 1 heterocycles. The Labute approximate surface area is 214 Å². The number of hydrogen-bond acceptors (Lipinski definition) is 5. The van der Waals surface area contributed by atoms with Crippen molar-refractivity contribution in [2.24, 2.45) is 7.05 Å². The fourth-order valence-electron chi connectivity index (χ4n) is 3.42. The summed E-state index contributed by atoms with van der Waals surface area (Å²) in [6.45, 7) is 10.9. The lowest BCUT2D eigenvalue weighted by atomic mass is 10.0. The molecule has 2 aromatic carbocycles. The molecule has 0 saturated heterocycles. The van der Waals surface area contributed by atoms with Crippen LogP contribution >= 0.6 is 34.4 Å². The van der Waals surface area contributed by atoms with E-state index in [1.54, 1.807) is 0 Å².